The number of carbonyl (C=O) groups excluding carboxylic acids is 1. The minimum atomic E-state index is -0.496. The van der Waals surface area contributed by atoms with Crippen LogP contribution in [0.25, 0.3) is 10.9 Å². The van der Waals surface area contributed by atoms with Crippen molar-refractivity contribution in [3.63, 3.8) is 0 Å². The molecule has 0 aliphatic carbocycles. The third-order valence-electron chi connectivity index (χ3n) is 3.17. The Bertz CT molecular complexity index is 867. The van der Waals surface area contributed by atoms with Crippen LogP contribution in [0.4, 0.5) is 10.1 Å². The highest BCUT2D eigenvalue weighted by atomic mass is 19.1. The SMILES string of the molecule is Cc1nc(OCC(=O)Nc2ccccc2F)c2ccccc2n1. The molecule has 2 aromatic carbocycles. The molecule has 1 amide bonds. The summed E-state index contributed by atoms with van der Waals surface area (Å²) in [5.74, 6) is -0.0791. The predicted octanol–water partition coefficient (Wildman–Crippen LogP) is 3.09. The first-order chi connectivity index (χ1) is 11.1. The molecule has 3 aromatic rings. The van der Waals surface area contributed by atoms with Gasteiger partial charge in [0.15, 0.2) is 6.61 Å². The van der Waals surface area contributed by atoms with E-state index in [4.69, 9.17) is 4.74 Å². The molecule has 1 aromatic heterocycles. The summed E-state index contributed by atoms with van der Waals surface area (Å²) in [4.78, 5) is 20.4. The molecule has 0 aliphatic heterocycles. The molecule has 0 atom stereocenters. The average molecular weight is 311 g/mol. The van der Waals surface area contributed by atoms with Gasteiger partial charge in [0, 0.05) is 0 Å². The second kappa shape index (κ2) is 6.39. The Balaban J connectivity index is 1.73. The number of nitrogens with one attached hydrogen (secondary N) is 1. The van der Waals surface area contributed by atoms with Gasteiger partial charge in [-0.05, 0) is 31.2 Å². The molecule has 1 heterocycles. The largest absolute Gasteiger partial charge is 0.467 e. The number of rotatable bonds is 4. The van der Waals surface area contributed by atoms with Crippen LogP contribution in [0.15, 0.2) is 48.5 Å². The topological polar surface area (TPSA) is 64.1 Å². The molecular weight excluding hydrogens is 297 g/mol. The van der Waals surface area contributed by atoms with Crippen molar-refractivity contribution in [2.24, 2.45) is 0 Å². The van der Waals surface area contributed by atoms with E-state index in [1.807, 2.05) is 24.3 Å². The minimum absolute atomic E-state index is 0.116. The van der Waals surface area contributed by atoms with E-state index in [-0.39, 0.29) is 12.3 Å². The van der Waals surface area contributed by atoms with Crippen LogP contribution in [-0.2, 0) is 4.79 Å². The lowest BCUT2D eigenvalue weighted by Gasteiger charge is -2.10. The highest BCUT2D eigenvalue weighted by molar-refractivity contribution is 5.92. The molecule has 0 aliphatic rings. The molecule has 0 unspecified atom stereocenters. The van der Waals surface area contributed by atoms with Crippen LogP contribution in [0.1, 0.15) is 5.82 Å². The summed E-state index contributed by atoms with van der Waals surface area (Å²) in [5.41, 5.74) is 0.856. The third kappa shape index (κ3) is 3.42. The van der Waals surface area contributed by atoms with Crippen molar-refractivity contribution in [3.8, 4) is 5.88 Å². The van der Waals surface area contributed by atoms with Crippen molar-refractivity contribution in [2.75, 3.05) is 11.9 Å². The first-order valence-electron chi connectivity index (χ1n) is 7.04. The zero-order chi connectivity index (χ0) is 16.2. The van der Waals surface area contributed by atoms with Crippen molar-refractivity contribution in [2.45, 2.75) is 6.92 Å². The molecule has 23 heavy (non-hydrogen) atoms. The normalized spacial score (nSPS) is 10.5. The molecule has 5 nitrogen and oxygen atoms in total. The Morgan fingerprint density at radius 3 is 2.70 bits per heavy atom. The first-order valence-corrected chi connectivity index (χ1v) is 7.04. The van der Waals surface area contributed by atoms with Crippen LogP contribution in [0.2, 0.25) is 0 Å². The number of hydrogen-bond donors (Lipinski definition) is 1. The highest BCUT2D eigenvalue weighted by Crippen LogP contribution is 2.22. The Labute approximate surface area is 132 Å². The van der Waals surface area contributed by atoms with Gasteiger partial charge in [-0.2, -0.15) is 4.98 Å². The number of hydrogen-bond acceptors (Lipinski definition) is 4. The number of aryl methyl sites for hydroxylation is 1. The Morgan fingerprint density at radius 1 is 1.13 bits per heavy atom. The summed E-state index contributed by atoms with van der Waals surface area (Å²) < 4.78 is 19.0. The van der Waals surface area contributed by atoms with E-state index in [2.05, 4.69) is 15.3 Å². The van der Waals surface area contributed by atoms with Gasteiger partial charge in [-0.15, -0.1) is 0 Å². The number of ether oxygens (including phenoxy) is 1. The number of halogens is 1. The fourth-order valence-electron chi connectivity index (χ4n) is 2.15. The highest BCUT2D eigenvalue weighted by Gasteiger charge is 2.10. The summed E-state index contributed by atoms with van der Waals surface area (Å²) in [7, 11) is 0. The average Bonchev–Trinajstić information content (AvgIpc) is 2.54. The maximum absolute atomic E-state index is 13.5. The maximum Gasteiger partial charge on any atom is 0.262 e. The lowest BCUT2D eigenvalue weighted by atomic mass is 10.2. The lowest BCUT2D eigenvalue weighted by molar-refractivity contribution is -0.118. The van der Waals surface area contributed by atoms with Crippen LogP contribution in [0, 0.1) is 12.7 Å². The third-order valence-corrected chi connectivity index (χ3v) is 3.17. The smallest absolute Gasteiger partial charge is 0.262 e. The predicted molar refractivity (Wildman–Crippen MR) is 84.8 cm³/mol. The van der Waals surface area contributed by atoms with E-state index < -0.39 is 11.7 Å². The fourth-order valence-corrected chi connectivity index (χ4v) is 2.15. The number of fused-ring (bicyclic) bond motifs is 1. The number of amides is 1. The van der Waals surface area contributed by atoms with Crippen molar-refractivity contribution in [3.05, 3.63) is 60.2 Å². The van der Waals surface area contributed by atoms with Gasteiger partial charge in [-0.25, -0.2) is 9.37 Å². The van der Waals surface area contributed by atoms with Gasteiger partial charge in [0.1, 0.15) is 11.6 Å². The second-order valence-corrected chi connectivity index (χ2v) is 4.91. The van der Waals surface area contributed by atoms with Crippen LogP contribution in [0.3, 0.4) is 0 Å². The quantitative estimate of drug-likeness (QED) is 0.804. The fraction of sp³-hybridized carbons (Fsp3) is 0.118. The van der Waals surface area contributed by atoms with Crippen molar-refractivity contribution in [1.29, 1.82) is 0 Å². The number of para-hydroxylation sites is 2. The van der Waals surface area contributed by atoms with E-state index in [0.717, 1.165) is 10.9 Å². The summed E-state index contributed by atoms with van der Waals surface area (Å²) in [5, 5.41) is 3.18. The van der Waals surface area contributed by atoms with Gasteiger partial charge < -0.3 is 10.1 Å². The molecular formula is C17H14FN3O2. The zero-order valence-corrected chi connectivity index (χ0v) is 12.4. The molecule has 1 N–H and O–H groups in total. The summed E-state index contributed by atoms with van der Waals surface area (Å²) in [6.07, 6.45) is 0. The van der Waals surface area contributed by atoms with Crippen molar-refractivity contribution in [1.82, 2.24) is 9.97 Å². The van der Waals surface area contributed by atoms with Crippen LogP contribution >= 0.6 is 0 Å². The van der Waals surface area contributed by atoms with Crippen LogP contribution < -0.4 is 10.1 Å². The number of benzene rings is 2. The van der Waals surface area contributed by atoms with E-state index in [1.54, 1.807) is 19.1 Å². The summed E-state index contributed by atoms with van der Waals surface area (Å²) >= 11 is 0. The van der Waals surface area contributed by atoms with E-state index in [9.17, 15) is 9.18 Å². The molecule has 6 heteroatoms. The number of aromatic nitrogens is 2. The summed E-state index contributed by atoms with van der Waals surface area (Å²) in [6.45, 7) is 1.48. The van der Waals surface area contributed by atoms with Gasteiger partial charge in [-0.3, -0.25) is 4.79 Å². The van der Waals surface area contributed by atoms with E-state index in [0.29, 0.717) is 11.7 Å². The maximum atomic E-state index is 13.5. The Kier molecular flexibility index (Phi) is 4.14. The van der Waals surface area contributed by atoms with Gasteiger partial charge in [-0.1, -0.05) is 24.3 Å². The molecule has 0 radical (unpaired) electrons. The molecule has 0 fully saturated rings. The molecule has 116 valence electrons. The number of anilines is 1. The molecule has 3 rings (SSSR count). The van der Waals surface area contributed by atoms with E-state index >= 15 is 0 Å². The van der Waals surface area contributed by atoms with E-state index in [1.165, 1.54) is 12.1 Å². The summed E-state index contributed by atoms with van der Waals surface area (Å²) in [6, 6.07) is 13.3. The standard InChI is InChI=1S/C17H14FN3O2/c1-11-19-14-8-4-2-6-12(14)17(20-11)23-10-16(22)21-15-9-5-3-7-13(15)18/h2-9H,10H2,1H3,(H,21,22). The van der Waals surface area contributed by atoms with Crippen LogP contribution in [0.5, 0.6) is 5.88 Å². The Morgan fingerprint density at radius 2 is 1.87 bits per heavy atom. The minimum Gasteiger partial charge on any atom is -0.467 e. The van der Waals surface area contributed by atoms with Gasteiger partial charge in [0.2, 0.25) is 5.88 Å². The molecule has 0 saturated carbocycles. The number of carbonyl (C=O) groups is 1. The van der Waals surface area contributed by atoms with Gasteiger partial charge in [0.05, 0.1) is 16.6 Å². The van der Waals surface area contributed by atoms with Gasteiger partial charge >= 0.3 is 0 Å². The van der Waals surface area contributed by atoms with Gasteiger partial charge in [0.25, 0.3) is 5.91 Å². The molecule has 0 saturated heterocycles. The van der Waals surface area contributed by atoms with Crippen LogP contribution in [-0.4, -0.2) is 22.5 Å². The Hall–Kier alpha value is -3.02. The monoisotopic (exact) mass is 311 g/mol. The molecule has 0 spiro atoms. The number of nitrogens with zero attached hydrogens (tertiary/aromatic N) is 2. The second-order valence-electron chi connectivity index (χ2n) is 4.91. The van der Waals surface area contributed by atoms with Crippen molar-refractivity contribution >= 4 is 22.5 Å². The lowest BCUT2D eigenvalue weighted by Crippen LogP contribution is -2.21. The first kappa shape index (κ1) is 14.9. The zero-order valence-electron chi connectivity index (χ0n) is 12.4. The molecule has 0 bridgehead atoms. The van der Waals surface area contributed by atoms with Crippen molar-refractivity contribution < 1.29 is 13.9 Å².